The largest absolute Gasteiger partial charge is 0.492 e. The lowest BCUT2D eigenvalue weighted by Gasteiger charge is -2.22. The van der Waals surface area contributed by atoms with Crippen LogP contribution in [0.1, 0.15) is 52.4 Å². The average Bonchev–Trinajstić information content (AvgIpc) is 2.64. The van der Waals surface area contributed by atoms with Crippen LogP contribution in [0.15, 0.2) is 35.9 Å². The molecule has 0 radical (unpaired) electrons. The second kappa shape index (κ2) is 10.6. The fourth-order valence-corrected chi connectivity index (χ4v) is 3.14. The van der Waals surface area contributed by atoms with Crippen molar-refractivity contribution in [2.24, 2.45) is 0 Å². The maximum absolute atomic E-state index is 12.3. The van der Waals surface area contributed by atoms with E-state index in [1.807, 2.05) is 31.2 Å². The molecule has 0 saturated carbocycles. The van der Waals surface area contributed by atoms with E-state index < -0.39 is 0 Å². The van der Waals surface area contributed by atoms with Crippen LogP contribution < -0.4 is 10.1 Å². The van der Waals surface area contributed by atoms with Crippen LogP contribution in [0, 0.1) is 0 Å². The van der Waals surface area contributed by atoms with E-state index in [4.69, 9.17) is 4.74 Å². The molecule has 5 heteroatoms. The predicted molar refractivity (Wildman–Crippen MR) is 104 cm³/mol. The first kappa shape index (κ1) is 20.0. The number of carbonyl (C=O) groups excluding carboxylic acids is 2. The van der Waals surface area contributed by atoms with Crippen molar-refractivity contribution >= 4 is 17.5 Å². The number of rotatable bonds is 9. The lowest BCUT2D eigenvalue weighted by molar-refractivity contribution is -0.129. The highest BCUT2D eigenvalue weighted by molar-refractivity contribution is 5.92. The van der Waals surface area contributed by atoms with Crippen molar-refractivity contribution < 1.29 is 14.3 Å². The fraction of sp³-hybridized carbons (Fsp3) is 0.524. The fourth-order valence-electron chi connectivity index (χ4n) is 3.14. The third kappa shape index (κ3) is 6.54. The highest BCUT2D eigenvalue weighted by Crippen LogP contribution is 2.24. The first-order valence-electron chi connectivity index (χ1n) is 9.55. The molecular formula is C21H30N2O3. The molecule has 0 bridgehead atoms. The van der Waals surface area contributed by atoms with Crippen LogP contribution in [0.2, 0.25) is 0 Å². The number of hydrogen-bond acceptors (Lipinski definition) is 3. The number of allylic oxidation sites excluding steroid dienone is 1. The summed E-state index contributed by atoms with van der Waals surface area (Å²) in [6.45, 7) is 5.14. The van der Waals surface area contributed by atoms with Gasteiger partial charge in [-0.1, -0.05) is 23.8 Å². The Balaban J connectivity index is 1.83. The number of nitrogens with zero attached hydrogens (tertiary/aromatic N) is 1. The van der Waals surface area contributed by atoms with Gasteiger partial charge in [-0.3, -0.25) is 9.59 Å². The molecule has 2 amide bonds. The number of ether oxygens (including phenoxy) is 1. The van der Waals surface area contributed by atoms with Gasteiger partial charge in [-0.2, -0.15) is 0 Å². The van der Waals surface area contributed by atoms with E-state index in [1.165, 1.54) is 18.4 Å². The van der Waals surface area contributed by atoms with E-state index in [0.717, 1.165) is 19.3 Å². The normalized spacial score (nSPS) is 13.7. The van der Waals surface area contributed by atoms with Crippen LogP contribution in [0.5, 0.6) is 5.75 Å². The van der Waals surface area contributed by atoms with E-state index in [0.29, 0.717) is 31.1 Å². The summed E-state index contributed by atoms with van der Waals surface area (Å²) in [5.41, 5.74) is 2.11. The van der Waals surface area contributed by atoms with Gasteiger partial charge < -0.3 is 15.0 Å². The van der Waals surface area contributed by atoms with Crippen molar-refractivity contribution in [2.45, 2.75) is 52.4 Å². The maximum Gasteiger partial charge on any atom is 0.226 e. The molecule has 0 spiro atoms. The average molecular weight is 358 g/mol. The van der Waals surface area contributed by atoms with Gasteiger partial charge in [0.25, 0.3) is 0 Å². The molecule has 1 aliphatic carbocycles. The third-order valence-electron chi connectivity index (χ3n) is 4.60. The minimum absolute atomic E-state index is 0.0175. The number of hydrogen-bond donors (Lipinski definition) is 1. The van der Waals surface area contributed by atoms with E-state index >= 15 is 0 Å². The van der Waals surface area contributed by atoms with Crippen LogP contribution in [0.4, 0.5) is 5.69 Å². The molecule has 26 heavy (non-hydrogen) atoms. The summed E-state index contributed by atoms with van der Waals surface area (Å²) < 4.78 is 5.52. The summed E-state index contributed by atoms with van der Waals surface area (Å²) in [7, 11) is 0. The van der Waals surface area contributed by atoms with E-state index in [1.54, 1.807) is 11.8 Å². The van der Waals surface area contributed by atoms with Gasteiger partial charge in [0.15, 0.2) is 0 Å². The van der Waals surface area contributed by atoms with E-state index in [9.17, 15) is 9.59 Å². The van der Waals surface area contributed by atoms with Crippen LogP contribution in [0.25, 0.3) is 0 Å². The molecule has 0 atom stereocenters. The van der Waals surface area contributed by atoms with Crippen molar-refractivity contribution in [2.75, 3.05) is 25.0 Å². The van der Waals surface area contributed by atoms with E-state index in [2.05, 4.69) is 11.4 Å². The maximum atomic E-state index is 12.3. The van der Waals surface area contributed by atoms with Crippen molar-refractivity contribution in [1.29, 1.82) is 0 Å². The third-order valence-corrected chi connectivity index (χ3v) is 4.60. The summed E-state index contributed by atoms with van der Waals surface area (Å²) in [5, 5.41) is 2.88. The number of para-hydroxylation sites is 2. The quantitative estimate of drug-likeness (QED) is 0.675. The minimum atomic E-state index is -0.111. The second-order valence-electron chi connectivity index (χ2n) is 6.59. The summed E-state index contributed by atoms with van der Waals surface area (Å²) in [6, 6.07) is 7.38. The Labute approximate surface area is 156 Å². The lowest BCUT2D eigenvalue weighted by atomic mass is 9.97. The van der Waals surface area contributed by atoms with Crippen molar-refractivity contribution in [3.63, 3.8) is 0 Å². The number of amides is 2. The summed E-state index contributed by atoms with van der Waals surface area (Å²) in [4.78, 5) is 25.9. The molecule has 1 N–H and O–H groups in total. The SMILES string of the molecule is CCOc1ccccc1NC(=O)CCN(CCC1=CCCCC1)C(C)=O. The standard InChI is InChI=1S/C21H30N2O3/c1-3-26-20-12-8-7-11-19(20)22-21(25)14-16-23(17(2)24)15-13-18-9-5-4-6-10-18/h7-9,11-12H,3-6,10,13-16H2,1-2H3,(H,22,25). The Kier molecular flexibility index (Phi) is 8.19. The molecule has 0 aliphatic heterocycles. The van der Waals surface area contributed by atoms with Gasteiger partial charge in [0, 0.05) is 26.4 Å². The zero-order chi connectivity index (χ0) is 18.8. The van der Waals surface area contributed by atoms with Gasteiger partial charge in [-0.25, -0.2) is 0 Å². The molecule has 142 valence electrons. The van der Waals surface area contributed by atoms with E-state index in [-0.39, 0.29) is 18.2 Å². The Bertz CT molecular complexity index is 640. The highest BCUT2D eigenvalue weighted by Gasteiger charge is 2.14. The molecule has 0 unspecified atom stereocenters. The number of anilines is 1. The predicted octanol–water partition coefficient (Wildman–Crippen LogP) is 4.15. The number of benzene rings is 1. The molecule has 0 saturated heterocycles. The van der Waals surface area contributed by atoms with Crippen LogP contribution >= 0.6 is 0 Å². The molecule has 2 rings (SSSR count). The van der Waals surface area contributed by atoms with Gasteiger partial charge >= 0.3 is 0 Å². The first-order valence-corrected chi connectivity index (χ1v) is 9.55. The van der Waals surface area contributed by atoms with Crippen LogP contribution in [-0.4, -0.2) is 36.4 Å². The minimum Gasteiger partial charge on any atom is -0.492 e. The van der Waals surface area contributed by atoms with Gasteiger partial charge in [-0.05, 0) is 51.2 Å². The molecular weight excluding hydrogens is 328 g/mol. The van der Waals surface area contributed by atoms with Gasteiger partial charge in [0.1, 0.15) is 5.75 Å². The Hall–Kier alpha value is -2.30. The van der Waals surface area contributed by atoms with Crippen molar-refractivity contribution in [3.05, 3.63) is 35.9 Å². The molecule has 1 aliphatic rings. The molecule has 5 nitrogen and oxygen atoms in total. The lowest BCUT2D eigenvalue weighted by Crippen LogP contribution is -2.33. The summed E-state index contributed by atoms with van der Waals surface area (Å²) in [6.07, 6.45) is 8.29. The first-order chi connectivity index (χ1) is 12.6. The summed E-state index contributed by atoms with van der Waals surface area (Å²) >= 11 is 0. The Morgan fingerprint density at radius 2 is 2.00 bits per heavy atom. The molecule has 0 aromatic heterocycles. The van der Waals surface area contributed by atoms with Crippen LogP contribution in [0.3, 0.4) is 0 Å². The van der Waals surface area contributed by atoms with Crippen molar-refractivity contribution in [3.8, 4) is 5.75 Å². The second-order valence-corrected chi connectivity index (χ2v) is 6.59. The molecule has 0 fully saturated rings. The molecule has 1 aromatic carbocycles. The monoisotopic (exact) mass is 358 g/mol. The van der Waals surface area contributed by atoms with Gasteiger partial charge in [0.2, 0.25) is 11.8 Å². The Morgan fingerprint density at radius 1 is 1.19 bits per heavy atom. The summed E-state index contributed by atoms with van der Waals surface area (Å²) in [5.74, 6) is 0.570. The Morgan fingerprint density at radius 3 is 2.69 bits per heavy atom. The topological polar surface area (TPSA) is 58.6 Å². The molecule has 0 heterocycles. The zero-order valence-corrected chi connectivity index (χ0v) is 15.9. The number of carbonyl (C=O) groups is 2. The zero-order valence-electron chi connectivity index (χ0n) is 15.9. The number of nitrogens with one attached hydrogen (secondary N) is 1. The van der Waals surface area contributed by atoms with Crippen molar-refractivity contribution in [1.82, 2.24) is 4.90 Å². The smallest absolute Gasteiger partial charge is 0.226 e. The highest BCUT2D eigenvalue weighted by atomic mass is 16.5. The van der Waals surface area contributed by atoms with Gasteiger partial charge in [0.05, 0.1) is 12.3 Å². The molecule has 1 aromatic rings. The van der Waals surface area contributed by atoms with Crippen LogP contribution in [-0.2, 0) is 9.59 Å². The van der Waals surface area contributed by atoms with Gasteiger partial charge in [-0.15, -0.1) is 0 Å².